The van der Waals surface area contributed by atoms with Gasteiger partial charge in [-0.05, 0) is 74.4 Å². The Morgan fingerprint density at radius 1 is 0.974 bits per heavy atom. The molecule has 0 spiro atoms. The number of anilines is 1. The minimum absolute atomic E-state index is 0.171. The summed E-state index contributed by atoms with van der Waals surface area (Å²) in [5, 5.41) is 2.55. The maximum absolute atomic E-state index is 13.7. The fourth-order valence-electron chi connectivity index (χ4n) is 3.92. The van der Waals surface area contributed by atoms with Crippen molar-refractivity contribution in [1.29, 1.82) is 0 Å². The lowest BCUT2D eigenvalue weighted by Gasteiger charge is -2.31. The van der Waals surface area contributed by atoms with Gasteiger partial charge in [0.05, 0.1) is 17.2 Å². The molecule has 1 N–H and O–H groups in total. The third-order valence-electron chi connectivity index (χ3n) is 6.01. The number of ether oxygens (including phenoxy) is 1. The van der Waals surface area contributed by atoms with Gasteiger partial charge >= 0.3 is 0 Å². The molecule has 0 saturated carbocycles. The molecule has 10 heteroatoms. The second-order valence-corrected chi connectivity index (χ2v) is 10.4. The van der Waals surface area contributed by atoms with Crippen LogP contribution in [0.25, 0.3) is 0 Å². The van der Waals surface area contributed by atoms with Gasteiger partial charge in [0.2, 0.25) is 11.8 Å². The number of carbonyl (C=O) groups excluding carboxylic acids is 2. The number of hydrogen-bond donors (Lipinski definition) is 1. The van der Waals surface area contributed by atoms with Gasteiger partial charge in [-0.2, -0.15) is 0 Å². The second-order valence-electron chi connectivity index (χ2n) is 8.51. The zero-order valence-electron chi connectivity index (χ0n) is 21.6. The van der Waals surface area contributed by atoms with E-state index in [1.165, 1.54) is 24.1 Å². The molecule has 2 amide bonds. The highest BCUT2D eigenvalue weighted by Gasteiger charge is 2.32. The van der Waals surface area contributed by atoms with Gasteiger partial charge in [0.1, 0.15) is 24.2 Å². The van der Waals surface area contributed by atoms with Gasteiger partial charge in [-0.15, -0.1) is 0 Å². The molecule has 0 aromatic heterocycles. The van der Waals surface area contributed by atoms with Crippen molar-refractivity contribution in [2.45, 2.75) is 31.2 Å². The molecule has 0 aliphatic rings. The summed E-state index contributed by atoms with van der Waals surface area (Å²) in [5.41, 5.74) is 1.19. The quantitative estimate of drug-likeness (QED) is 0.378. The van der Waals surface area contributed by atoms with Crippen molar-refractivity contribution in [2.75, 3.05) is 31.0 Å². The second kappa shape index (κ2) is 13.0. The van der Waals surface area contributed by atoms with Crippen molar-refractivity contribution in [3.8, 4) is 5.75 Å². The van der Waals surface area contributed by atoms with Crippen LogP contribution in [0.1, 0.15) is 19.4 Å². The SMILES string of the molecule is CCOc1ccc(N(CC(=O)N(CCc2ccccc2)[C@@H](C)C(=O)NC)S(=O)(=O)c2ccc(F)cc2)cc1. The van der Waals surface area contributed by atoms with E-state index in [1.54, 1.807) is 19.1 Å². The first-order chi connectivity index (χ1) is 18.2. The van der Waals surface area contributed by atoms with E-state index in [0.29, 0.717) is 18.8 Å². The van der Waals surface area contributed by atoms with E-state index in [-0.39, 0.29) is 23.0 Å². The van der Waals surface area contributed by atoms with Crippen LogP contribution in [-0.4, -0.2) is 57.9 Å². The lowest BCUT2D eigenvalue weighted by Crippen LogP contribution is -2.51. The molecule has 3 aromatic rings. The van der Waals surface area contributed by atoms with Crippen molar-refractivity contribution in [1.82, 2.24) is 10.2 Å². The molecule has 38 heavy (non-hydrogen) atoms. The first-order valence-electron chi connectivity index (χ1n) is 12.2. The van der Waals surface area contributed by atoms with E-state index in [2.05, 4.69) is 5.32 Å². The summed E-state index contributed by atoms with van der Waals surface area (Å²) in [6.45, 7) is 3.49. The summed E-state index contributed by atoms with van der Waals surface area (Å²) < 4.78 is 47.3. The molecule has 3 rings (SSSR count). The smallest absolute Gasteiger partial charge is 0.264 e. The van der Waals surface area contributed by atoms with E-state index >= 15 is 0 Å². The third-order valence-corrected chi connectivity index (χ3v) is 7.80. The van der Waals surface area contributed by atoms with Crippen LogP contribution in [0, 0.1) is 5.82 Å². The van der Waals surface area contributed by atoms with Gasteiger partial charge in [-0.3, -0.25) is 13.9 Å². The molecule has 0 fully saturated rings. The number of likely N-dealkylation sites (N-methyl/N-ethyl adjacent to an activating group) is 1. The molecule has 0 unspecified atom stereocenters. The standard InChI is InChI=1S/C28H32FN3O5S/c1-4-37-25-14-12-24(13-15-25)32(38(35,36)26-16-10-23(29)11-17-26)20-27(33)31(21(2)28(34)30-3)19-18-22-8-6-5-7-9-22/h5-17,21H,4,18-20H2,1-3H3,(H,30,34)/t21-/m0/s1. The minimum atomic E-state index is -4.27. The van der Waals surface area contributed by atoms with Crippen LogP contribution >= 0.6 is 0 Å². The van der Waals surface area contributed by atoms with Crippen LogP contribution in [0.2, 0.25) is 0 Å². The Hall–Kier alpha value is -3.92. The Morgan fingerprint density at radius 2 is 1.61 bits per heavy atom. The molecule has 202 valence electrons. The van der Waals surface area contributed by atoms with Crippen LogP contribution in [0.3, 0.4) is 0 Å². The molecule has 0 heterocycles. The van der Waals surface area contributed by atoms with E-state index in [1.807, 2.05) is 37.3 Å². The van der Waals surface area contributed by atoms with E-state index < -0.39 is 34.3 Å². The average Bonchev–Trinajstić information content (AvgIpc) is 2.92. The maximum atomic E-state index is 13.7. The summed E-state index contributed by atoms with van der Waals surface area (Å²) in [7, 11) is -2.79. The Bertz CT molecular complexity index is 1320. The molecule has 1 atom stereocenters. The van der Waals surface area contributed by atoms with Crippen molar-refractivity contribution in [2.24, 2.45) is 0 Å². The highest BCUT2D eigenvalue weighted by molar-refractivity contribution is 7.92. The van der Waals surface area contributed by atoms with Gasteiger partial charge in [-0.25, -0.2) is 12.8 Å². The van der Waals surface area contributed by atoms with E-state index in [9.17, 15) is 22.4 Å². The highest BCUT2D eigenvalue weighted by Crippen LogP contribution is 2.26. The summed E-state index contributed by atoms with van der Waals surface area (Å²) in [6.07, 6.45) is 0.474. The van der Waals surface area contributed by atoms with Crippen LogP contribution < -0.4 is 14.4 Å². The van der Waals surface area contributed by atoms with E-state index in [0.717, 1.165) is 34.1 Å². The summed E-state index contributed by atoms with van der Waals surface area (Å²) >= 11 is 0. The van der Waals surface area contributed by atoms with Gasteiger partial charge in [0, 0.05) is 13.6 Å². The van der Waals surface area contributed by atoms with Crippen LogP contribution in [0.5, 0.6) is 5.75 Å². The molecule has 0 aliphatic carbocycles. The van der Waals surface area contributed by atoms with E-state index in [4.69, 9.17) is 4.74 Å². The Morgan fingerprint density at radius 3 is 2.18 bits per heavy atom. The van der Waals surface area contributed by atoms with Crippen LogP contribution in [0.15, 0.2) is 83.8 Å². The maximum Gasteiger partial charge on any atom is 0.264 e. The number of carbonyl (C=O) groups is 2. The predicted octanol–water partition coefficient (Wildman–Crippen LogP) is 3.63. The average molecular weight is 542 g/mol. The monoisotopic (exact) mass is 541 g/mol. The number of rotatable bonds is 12. The molecular formula is C28H32FN3O5S. The predicted molar refractivity (Wildman–Crippen MR) is 144 cm³/mol. The lowest BCUT2D eigenvalue weighted by molar-refractivity contribution is -0.138. The van der Waals surface area contributed by atoms with Gasteiger partial charge in [-0.1, -0.05) is 30.3 Å². The van der Waals surface area contributed by atoms with Crippen LogP contribution in [0.4, 0.5) is 10.1 Å². The van der Waals surface area contributed by atoms with Crippen molar-refractivity contribution >= 4 is 27.5 Å². The van der Waals surface area contributed by atoms with Gasteiger partial charge in [0.15, 0.2) is 0 Å². The first-order valence-corrected chi connectivity index (χ1v) is 13.7. The number of nitrogens with one attached hydrogen (secondary N) is 1. The first kappa shape index (κ1) is 28.6. The largest absolute Gasteiger partial charge is 0.494 e. The Labute approximate surface area is 223 Å². The molecule has 0 saturated heterocycles. The normalized spacial score (nSPS) is 11.9. The topological polar surface area (TPSA) is 96.0 Å². The minimum Gasteiger partial charge on any atom is -0.494 e. The van der Waals surface area contributed by atoms with Crippen molar-refractivity contribution in [3.63, 3.8) is 0 Å². The fraction of sp³-hybridized carbons (Fsp3) is 0.286. The number of nitrogens with zero attached hydrogens (tertiary/aromatic N) is 2. The Balaban J connectivity index is 1.97. The molecule has 3 aromatic carbocycles. The molecule has 0 aliphatic heterocycles. The number of benzene rings is 3. The fourth-order valence-corrected chi connectivity index (χ4v) is 5.33. The molecule has 8 nitrogen and oxygen atoms in total. The summed E-state index contributed by atoms with van der Waals surface area (Å²) in [6, 6.07) is 19.3. The van der Waals surface area contributed by atoms with Crippen LogP contribution in [-0.2, 0) is 26.0 Å². The summed E-state index contributed by atoms with van der Waals surface area (Å²) in [5.74, 6) is -0.976. The highest BCUT2D eigenvalue weighted by atomic mass is 32.2. The molecule has 0 radical (unpaired) electrons. The van der Waals surface area contributed by atoms with Crippen molar-refractivity contribution in [3.05, 3.63) is 90.2 Å². The van der Waals surface area contributed by atoms with Gasteiger partial charge < -0.3 is 15.0 Å². The Kier molecular flexibility index (Phi) is 9.84. The molecular weight excluding hydrogens is 509 g/mol. The zero-order valence-corrected chi connectivity index (χ0v) is 22.4. The third kappa shape index (κ3) is 7.10. The lowest BCUT2D eigenvalue weighted by atomic mass is 10.1. The summed E-state index contributed by atoms with van der Waals surface area (Å²) in [4.78, 5) is 27.4. The number of halogens is 1. The number of amides is 2. The van der Waals surface area contributed by atoms with Gasteiger partial charge in [0.25, 0.3) is 10.0 Å². The molecule has 0 bridgehead atoms. The number of sulfonamides is 1. The number of hydrogen-bond acceptors (Lipinski definition) is 5. The zero-order chi connectivity index (χ0) is 27.7. The van der Waals surface area contributed by atoms with Crippen molar-refractivity contribution < 1.29 is 27.1 Å².